The zero-order valence-corrected chi connectivity index (χ0v) is 8.99. The van der Waals surface area contributed by atoms with Gasteiger partial charge < -0.3 is 15.5 Å². The molecule has 4 nitrogen and oxygen atoms in total. The molecule has 1 amide bonds. The van der Waals surface area contributed by atoms with Gasteiger partial charge in [-0.1, -0.05) is 12.1 Å². The quantitative estimate of drug-likeness (QED) is 0.788. The molecule has 0 aliphatic carbocycles. The van der Waals surface area contributed by atoms with Crippen molar-refractivity contribution >= 4 is 28.9 Å². The highest BCUT2D eigenvalue weighted by atomic mass is 35.5. The first-order chi connectivity index (χ1) is 7.68. The molecule has 0 unspecified atom stereocenters. The van der Waals surface area contributed by atoms with Gasteiger partial charge in [-0.3, -0.25) is 4.79 Å². The van der Waals surface area contributed by atoms with E-state index in [-0.39, 0.29) is 16.7 Å². The lowest BCUT2D eigenvalue weighted by Crippen LogP contribution is -2.12. The predicted molar refractivity (Wildman–Crippen MR) is 62.5 cm³/mol. The number of hydrogen-bond donors (Lipinski definition) is 2. The second-order valence-corrected chi connectivity index (χ2v) is 3.49. The van der Waals surface area contributed by atoms with Crippen molar-refractivity contribution in [1.82, 2.24) is 0 Å². The highest BCUT2D eigenvalue weighted by Crippen LogP contribution is 2.21. The Labute approximate surface area is 97.0 Å². The number of carbonyl (C=O) groups is 1. The lowest BCUT2D eigenvalue weighted by Gasteiger charge is -2.06. The summed E-state index contributed by atoms with van der Waals surface area (Å²) in [4.78, 5) is 11.7. The van der Waals surface area contributed by atoms with E-state index >= 15 is 0 Å². The zero-order chi connectivity index (χ0) is 11.5. The Kier molecular flexibility index (Phi) is 2.83. The third-order valence-corrected chi connectivity index (χ3v) is 2.36. The summed E-state index contributed by atoms with van der Waals surface area (Å²) < 4.78 is 4.83. The SMILES string of the molecule is Nc1ccccc1NC(=O)c1ccoc1Cl. The molecule has 1 aromatic carbocycles. The number of nitrogens with one attached hydrogen (secondary N) is 1. The van der Waals surface area contributed by atoms with Crippen molar-refractivity contribution in [3.05, 3.63) is 47.4 Å². The van der Waals surface area contributed by atoms with Crippen LogP contribution in [0.4, 0.5) is 11.4 Å². The summed E-state index contributed by atoms with van der Waals surface area (Å²) >= 11 is 5.68. The Morgan fingerprint density at radius 3 is 2.69 bits per heavy atom. The van der Waals surface area contributed by atoms with E-state index < -0.39 is 0 Å². The maximum atomic E-state index is 11.7. The molecule has 2 aromatic rings. The smallest absolute Gasteiger partial charge is 0.260 e. The molecule has 3 N–H and O–H groups in total. The van der Waals surface area contributed by atoms with Crippen LogP contribution in [0.3, 0.4) is 0 Å². The number of amides is 1. The summed E-state index contributed by atoms with van der Waals surface area (Å²) in [5.74, 6) is -0.350. The molecule has 5 heteroatoms. The normalized spacial score (nSPS) is 10.1. The van der Waals surface area contributed by atoms with E-state index in [4.69, 9.17) is 21.8 Å². The molecule has 0 aliphatic heterocycles. The van der Waals surface area contributed by atoms with Crippen LogP contribution in [0.5, 0.6) is 0 Å². The predicted octanol–water partition coefficient (Wildman–Crippen LogP) is 2.77. The summed E-state index contributed by atoms with van der Waals surface area (Å²) in [6.45, 7) is 0. The van der Waals surface area contributed by atoms with Gasteiger partial charge in [0.2, 0.25) is 5.22 Å². The number of furan rings is 1. The molecular weight excluding hydrogens is 228 g/mol. The highest BCUT2D eigenvalue weighted by Gasteiger charge is 2.13. The molecule has 0 fully saturated rings. The van der Waals surface area contributed by atoms with E-state index in [0.717, 1.165) is 0 Å². The number of anilines is 2. The van der Waals surface area contributed by atoms with Crippen LogP contribution in [0.25, 0.3) is 0 Å². The Bertz CT molecular complexity index is 522. The van der Waals surface area contributed by atoms with Gasteiger partial charge in [0.1, 0.15) is 0 Å². The molecule has 0 atom stereocenters. The van der Waals surface area contributed by atoms with Crippen molar-refractivity contribution in [3.8, 4) is 0 Å². The van der Waals surface area contributed by atoms with Crippen LogP contribution in [-0.2, 0) is 0 Å². The minimum Gasteiger partial charge on any atom is -0.452 e. The van der Waals surface area contributed by atoms with Gasteiger partial charge in [-0.15, -0.1) is 0 Å². The van der Waals surface area contributed by atoms with Crippen molar-refractivity contribution in [1.29, 1.82) is 0 Å². The molecule has 0 spiro atoms. The van der Waals surface area contributed by atoms with Crippen molar-refractivity contribution in [3.63, 3.8) is 0 Å². The Hall–Kier alpha value is -1.94. The number of carbonyl (C=O) groups excluding carboxylic acids is 1. The second kappa shape index (κ2) is 4.28. The number of halogens is 1. The average Bonchev–Trinajstić information content (AvgIpc) is 2.68. The van der Waals surface area contributed by atoms with Crippen molar-refractivity contribution < 1.29 is 9.21 Å². The molecule has 0 radical (unpaired) electrons. The van der Waals surface area contributed by atoms with Gasteiger partial charge in [0.05, 0.1) is 23.2 Å². The monoisotopic (exact) mass is 236 g/mol. The summed E-state index contributed by atoms with van der Waals surface area (Å²) in [5, 5.41) is 2.71. The van der Waals surface area contributed by atoms with Gasteiger partial charge in [-0.2, -0.15) is 0 Å². The maximum absolute atomic E-state index is 11.7. The second-order valence-electron chi connectivity index (χ2n) is 3.15. The van der Waals surface area contributed by atoms with Gasteiger partial charge in [0, 0.05) is 0 Å². The lowest BCUT2D eigenvalue weighted by atomic mass is 10.2. The molecular formula is C11H9ClN2O2. The molecule has 0 saturated carbocycles. The van der Waals surface area contributed by atoms with E-state index in [0.29, 0.717) is 11.4 Å². The van der Waals surface area contributed by atoms with Gasteiger partial charge in [0.25, 0.3) is 5.91 Å². The number of nitrogens with two attached hydrogens (primary N) is 1. The number of benzene rings is 1. The molecule has 1 aromatic heterocycles. The summed E-state index contributed by atoms with van der Waals surface area (Å²) in [5.41, 5.74) is 7.01. The molecule has 0 bridgehead atoms. The van der Waals surface area contributed by atoms with Crippen molar-refractivity contribution in [2.45, 2.75) is 0 Å². The molecule has 82 valence electrons. The van der Waals surface area contributed by atoms with Crippen molar-refractivity contribution in [2.24, 2.45) is 0 Å². The number of nitrogen functional groups attached to an aromatic ring is 1. The number of rotatable bonds is 2. The zero-order valence-electron chi connectivity index (χ0n) is 8.24. The van der Waals surface area contributed by atoms with E-state index in [1.165, 1.54) is 12.3 Å². The van der Waals surface area contributed by atoms with Crippen LogP contribution >= 0.6 is 11.6 Å². The lowest BCUT2D eigenvalue weighted by molar-refractivity contribution is 0.102. The average molecular weight is 237 g/mol. The van der Waals surface area contributed by atoms with Gasteiger partial charge >= 0.3 is 0 Å². The largest absolute Gasteiger partial charge is 0.452 e. The van der Waals surface area contributed by atoms with Crippen LogP contribution in [0, 0.1) is 0 Å². The highest BCUT2D eigenvalue weighted by molar-refractivity contribution is 6.32. The first-order valence-corrected chi connectivity index (χ1v) is 4.95. The summed E-state index contributed by atoms with van der Waals surface area (Å²) in [7, 11) is 0. The fraction of sp³-hybridized carbons (Fsp3) is 0. The standard InChI is InChI=1S/C11H9ClN2O2/c12-10-7(5-6-16-10)11(15)14-9-4-2-1-3-8(9)13/h1-6H,13H2,(H,14,15). The van der Waals surface area contributed by atoms with Gasteiger partial charge in [-0.05, 0) is 29.8 Å². The van der Waals surface area contributed by atoms with E-state index in [9.17, 15) is 4.79 Å². The third-order valence-electron chi connectivity index (χ3n) is 2.07. The Balaban J connectivity index is 2.21. The van der Waals surface area contributed by atoms with Crippen molar-refractivity contribution in [2.75, 3.05) is 11.1 Å². The number of para-hydroxylation sites is 2. The molecule has 0 saturated heterocycles. The Morgan fingerprint density at radius 1 is 1.31 bits per heavy atom. The third kappa shape index (κ3) is 2.01. The van der Waals surface area contributed by atoms with Gasteiger partial charge in [-0.25, -0.2) is 0 Å². The first-order valence-electron chi connectivity index (χ1n) is 4.57. The van der Waals surface area contributed by atoms with Crippen LogP contribution in [0.1, 0.15) is 10.4 Å². The van der Waals surface area contributed by atoms with E-state index in [2.05, 4.69) is 5.32 Å². The summed E-state index contributed by atoms with van der Waals surface area (Å²) in [6, 6.07) is 8.48. The van der Waals surface area contributed by atoms with E-state index in [1.807, 2.05) is 0 Å². The molecule has 2 rings (SSSR count). The van der Waals surface area contributed by atoms with Crippen LogP contribution in [0.15, 0.2) is 41.0 Å². The Morgan fingerprint density at radius 2 is 2.06 bits per heavy atom. The fourth-order valence-corrected chi connectivity index (χ4v) is 1.46. The molecule has 16 heavy (non-hydrogen) atoms. The summed E-state index contributed by atoms with van der Waals surface area (Å²) in [6.07, 6.45) is 1.35. The topological polar surface area (TPSA) is 68.3 Å². The van der Waals surface area contributed by atoms with Crippen LogP contribution < -0.4 is 11.1 Å². The molecule has 0 aliphatic rings. The minimum atomic E-state index is -0.350. The van der Waals surface area contributed by atoms with Crippen LogP contribution in [0.2, 0.25) is 5.22 Å². The number of hydrogen-bond acceptors (Lipinski definition) is 3. The van der Waals surface area contributed by atoms with E-state index in [1.54, 1.807) is 24.3 Å². The first kappa shape index (κ1) is 10.6. The van der Waals surface area contributed by atoms with Crippen LogP contribution in [-0.4, -0.2) is 5.91 Å². The fourth-order valence-electron chi connectivity index (χ4n) is 1.26. The molecule has 1 heterocycles. The van der Waals surface area contributed by atoms with Gasteiger partial charge in [0.15, 0.2) is 0 Å². The maximum Gasteiger partial charge on any atom is 0.260 e. The minimum absolute atomic E-state index is 0.0620.